The predicted octanol–water partition coefficient (Wildman–Crippen LogP) is 1.39. The minimum atomic E-state index is -0.995. The lowest BCUT2D eigenvalue weighted by atomic mass is 9.98. The third-order valence-corrected chi connectivity index (χ3v) is 3.67. The van der Waals surface area contributed by atoms with Gasteiger partial charge in [0, 0.05) is 11.0 Å². The lowest BCUT2D eigenvalue weighted by Gasteiger charge is -2.30. The molecule has 1 unspecified atom stereocenters. The molecule has 0 aliphatic rings. The summed E-state index contributed by atoms with van der Waals surface area (Å²) in [4.78, 5) is 24.9. The van der Waals surface area contributed by atoms with E-state index in [1.54, 1.807) is 6.92 Å². The number of halogens is 1. The van der Waals surface area contributed by atoms with E-state index in [0.717, 1.165) is 10.0 Å². The Labute approximate surface area is 127 Å². The number of primary amides is 1. The normalized spacial score (nSPS) is 13.6. The van der Waals surface area contributed by atoms with Crippen LogP contribution in [0.5, 0.6) is 0 Å². The number of nitrogens with zero attached hydrogens (tertiary/aromatic N) is 1. The molecule has 1 rings (SSSR count). The van der Waals surface area contributed by atoms with E-state index < -0.39 is 11.4 Å². The van der Waals surface area contributed by atoms with Gasteiger partial charge in [-0.1, -0.05) is 35.0 Å². The molecule has 110 valence electrons. The average Bonchev–Trinajstić information content (AvgIpc) is 2.39. The van der Waals surface area contributed by atoms with Gasteiger partial charge in [0.2, 0.25) is 11.8 Å². The van der Waals surface area contributed by atoms with Gasteiger partial charge in [-0.15, -0.1) is 0 Å². The molecule has 0 radical (unpaired) electrons. The Balaban J connectivity index is 2.92. The summed E-state index contributed by atoms with van der Waals surface area (Å²) in [6, 6.07) is 7.52. The van der Waals surface area contributed by atoms with Gasteiger partial charge < -0.3 is 16.4 Å². The molecule has 1 atom stereocenters. The monoisotopic (exact) mass is 341 g/mol. The SMILES string of the molecule is CCC(C)(N)C(=O)N(CC(N)=O)Cc1ccc(Br)cc1. The van der Waals surface area contributed by atoms with Gasteiger partial charge in [0.1, 0.15) is 0 Å². The van der Waals surface area contributed by atoms with Crippen molar-refractivity contribution in [2.45, 2.75) is 32.4 Å². The molecule has 0 aromatic heterocycles. The van der Waals surface area contributed by atoms with Gasteiger partial charge in [-0.05, 0) is 31.0 Å². The number of carbonyl (C=O) groups is 2. The van der Waals surface area contributed by atoms with Gasteiger partial charge in [0.15, 0.2) is 0 Å². The molecule has 0 heterocycles. The summed E-state index contributed by atoms with van der Waals surface area (Å²) in [6.45, 7) is 3.66. The first-order valence-electron chi connectivity index (χ1n) is 6.37. The minimum absolute atomic E-state index is 0.137. The van der Waals surface area contributed by atoms with Crippen LogP contribution in [0.1, 0.15) is 25.8 Å². The maximum Gasteiger partial charge on any atom is 0.243 e. The highest BCUT2D eigenvalue weighted by atomic mass is 79.9. The van der Waals surface area contributed by atoms with Crippen LogP contribution in [0.3, 0.4) is 0 Å². The van der Waals surface area contributed by atoms with Crippen LogP contribution in [0.4, 0.5) is 0 Å². The average molecular weight is 342 g/mol. The fraction of sp³-hybridized carbons (Fsp3) is 0.429. The molecule has 0 aliphatic heterocycles. The number of carbonyl (C=O) groups excluding carboxylic acids is 2. The molecule has 20 heavy (non-hydrogen) atoms. The summed E-state index contributed by atoms with van der Waals surface area (Å²) in [5.74, 6) is -0.830. The first-order chi connectivity index (χ1) is 9.26. The van der Waals surface area contributed by atoms with Gasteiger partial charge in [0.25, 0.3) is 0 Å². The number of amides is 2. The Bertz CT molecular complexity index is 486. The standard InChI is InChI=1S/C14H20BrN3O2/c1-3-14(2,17)13(20)18(9-12(16)19)8-10-4-6-11(15)7-5-10/h4-7H,3,8-9,17H2,1-2H3,(H2,16,19). The van der Waals surface area contributed by atoms with Crippen molar-refractivity contribution in [3.8, 4) is 0 Å². The second-order valence-corrected chi connectivity index (χ2v) is 5.94. The summed E-state index contributed by atoms with van der Waals surface area (Å²) >= 11 is 3.35. The Kier molecular flexibility index (Phi) is 5.71. The van der Waals surface area contributed by atoms with Gasteiger partial charge in [0.05, 0.1) is 12.1 Å². The molecule has 6 heteroatoms. The Morgan fingerprint density at radius 1 is 1.30 bits per heavy atom. The van der Waals surface area contributed by atoms with E-state index in [9.17, 15) is 9.59 Å². The highest BCUT2D eigenvalue weighted by molar-refractivity contribution is 9.10. The maximum absolute atomic E-state index is 12.4. The second kappa shape index (κ2) is 6.85. The number of hydrogen-bond acceptors (Lipinski definition) is 3. The molecule has 0 saturated carbocycles. The van der Waals surface area contributed by atoms with Gasteiger partial charge in [-0.3, -0.25) is 9.59 Å². The van der Waals surface area contributed by atoms with E-state index >= 15 is 0 Å². The minimum Gasteiger partial charge on any atom is -0.368 e. The number of rotatable bonds is 6. The first-order valence-corrected chi connectivity index (χ1v) is 7.16. The summed E-state index contributed by atoms with van der Waals surface area (Å²) in [7, 11) is 0. The van der Waals surface area contributed by atoms with E-state index in [0.29, 0.717) is 13.0 Å². The van der Waals surface area contributed by atoms with E-state index in [1.807, 2.05) is 31.2 Å². The van der Waals surface area contributed by atoms with Crippen LogP contribution in [0.25, 0.3) is 0 Å². The maximum atomic E-state index is 12.4. The van der Waals surface area contributed by atoms with Crippen LogP contribution in [0, 0.1) is 0 Å². The number of hydrogen-bond donors (Lipinski definition) is 2. The highest BCUT2D eigenvalue weighted by Gasteiger charge is 2.31. The van der Waals surface area contributed by atoms with Crippen molar-refractivity contribution in [3.63, 3.8) is 0 Å². The fourth-order valence-electron chi connectivity index (χ4n) is 1.71. The first kappa shape index (κ1) is 16.7. The van der Waals surface area contributed by atoms with Gasteiger partial charge in [-0.2, -0.15) is 0 Å². The predicted molar refractivity (Wildman–Crippen MR) is 81.6 cm³/mol. The van der Waals surface area contributed by atoms with E-state index in [1.165, 1.54) is 4.90 Å². The largest absolute Gasteiger partial charge is 0.368 e. The van der Waals surface area contributed by atoms with Crippen molar-refractivity contribution in [1.29, 1.82) is 0 Å². The molecular formula is C14H20BrN3O2. The Morgan fingerprint density at radius 3 is 2.30 bits per heavy atom. The molecule has 0 aliphatic carbocycles. The van der Waals surface area contributed by atoms with Crippen LogP contribution in [0.15, 0.2) is 28.7 Å². The van der Waals surface area contributed by atoms with Crippen LogP contribution >= 0.6 is 15.9 Å². The van der Waals surface area contributed by atoms with Crippen LogP contribution in [0.2, 0.25) is 0 Å². The molecular weight excluding hydrogens is 322 g/mol. The highest BCUT2D eigenvalue weighted by Crippen LogP contribution is 2.15. The van der Waals surface area contributed by atoms with Crippen molar-refractivity contribution < 1.29 is 9.59 Å². The summed E-state index contributed by atoms with van der Waals surface area (Å²) in [6.07, 6.45) is 0.488. The molecule has 1 aromatic carbocycles. The lowest BCUT2D eigenvalue weighted by Crippen LogP contribution is -2.54. The molecule has 1 aromatic rings. The third kappa shape index (κ3) is 4.61. The molecule has 5 nitrogen and oxygen atoms in total. The zero-order valence-electron chi connectivity index (χ0n) is 11.7. The summed E-state index contributed by atoms with van der Waals surface area (Å²) < 4.78 is 0.950. The van der Waals surface area contributed by atoms with Crippen LogP contribution in [-0.2, 0) is 16.1 Å². The third-order valence-electron chi connectivity index (χ3n) is 3.14. The fourth-order valence-corrected chi connectivity index (χ4v) is 1.97. The molecule has 0 bridgehead atoms. The molecule has 0 saturated heterocycles. The van der Waals surface area contributed by atoms with Crippen molar-refractivity contribution in [2.24, 2.45) is 11.5 Å². The van der Waals surface area contributed by atoms with Crippen molar-refractivity contribution in [2.75, 3.05) is 6.54 Å². The summed E-state index contributed by atoms with van der Waals surface area (Å²) in [5.41, 5.74) is 11.1. The quantitative estimate of drug-likeness (QED) is 0.819. The molecule has 0 spiro atoms. The van der Waals surface area contributed by atoms with Gasteiger partial charge >= 0.3 is 0 Å². The van der Waals surface area contributed by atoms with E-state index in [2.05, 4.69) is 15.9 Å². The summed E-state index contributed by atoms with van der Waals surface area (Å²) in [5, 5.41) is 0. The second-order valence-electron chi connectivity index (χ2n) is 5.03. The van der Waals surface area contributed by atoms with Crippen molar-refractivity contribution in [3.05, 3.63) is 34.3 Å². The molecule has 2 amide bonds. The van der Waals surface area contributed by atoms with E-state index in [4.69, 9.17) is 11.5 Å². The van der Waals surface area contributed by atoms with E-state index in [-0.39, 0.29) is 12.5 Å². The van der Waals surface area contributed by atoms with Crippen LogP contribution < -0.4 is 11.5 Å². The molecule has 0 fully saturated rings. The van der Waals surface area contributed by atoms with Gasteiger partial charge in [-0.25, -0.2) is 0 Å². The zero-order chi connectivity index (χ0) is 15.3. The smallest absolute Gasteiger partial charge is 0.243 e. The van der Waals surface area contributed by atoms with Crippen molar-refractivity contribution >= 4 is 27.7 Å². The van der Waals surface area contributed by atoms with Crippen LogP contribution in [-0.4, -0.2) is 28.8 Å². The Morgan fingerprint density at radius 2 is 1.85 bits per heavy atom. The van der Waals surface area contributed by atoms with Crippen molar-refractivity contribution in [1.82, 2.24) is 4.90 Å². The number of benzene rings is 1. The molecule has 4 N–H and O–H groups in total. The topological polar surface area (TPSA) is 89.4 Å². The Hall–Kier alpha value is -1.40. The lowest BCUT2D eigenvalue weighted by molar-refractivity contribution is -0.140. The zero-order valence-corrected chi connectivity index (χ0v) is 13.3. The number of nitrogens with two attached hydrogens (primary N) is 2.